The minimum Gasteiger partial charge on any atom is -0.399 e. The molecule has 4 rings (SSSR count). The molecule has 10 heteroatoms. The number of anilines is 2. The van der Waals surface area contributed by atoms with Crippen LogP contribution < -0.4 is 22.2 Å². The molecule has 7 nitrogen and oxygen atoms in total. The highest BCUT2D eigenvalue weighted by Gasteiger charge is 2.54. The third-order valence-corrected chi connectivity index (χ3v) is 7.23. The maximum Gasteiger partial charge on any atom is 0.262 e. The van der Waals surface area contributed by atoms with Gasteiger partial charge in [0.1, 0.15) is 17.7 Å². The largest absolute Gasteiger partial charge is 0.399 e. The zero-order chi connectivity index (χ0) is 28.9. The summed E-state index contributed by atoms with van der Waals surface area (Å²) in [6.07, 6.45) is 0.971. The summed E-state index contributed by atoms with van der Waals surface area (Å²) >= 11 is 6.63. The third kappa shape index (κ3) is 6.70. The molecule has 1 saturated carbocycles. The van der Waals surface area contributed by atoms with Gasteiger partial charge in [-0.1, -0.05) is 57.5 Å². The topological polar surface area (TPSA) is 105 Å². The van der Waals surface area contributed by atoms with Crippen LogP contribution in [0.3, 0.4) is 0 Å². The molecule has 39 heavy (non-hydrogen) atoms. The summed E-state index contributed by atoms with van der Waals surface area (Å²) in [7, 11) is 0. The molecular formula is C29H40ClF2N7. The predicted molar refractivity (Wildman–Crippen MR) is 158 cm³/mol. The van der Waals surface area contributed by atoms with E-state index in [-0.39, 0.29) is 0 Å². The van der Waals surface area contributed by atoms with Crippen LogP contribution in [0.4, 0.5) is 20.3 Å². The Bertz CT molecular complexity index is 1310. The Morgan fingerprint density at radius 2 is 1.87 bits per heavy atom. The molecule has 0 radical (unpaired) electrons. The van der Waals surface area contributed by atoms with E-state index in [0.717, 1.165) is 33.6 Å². The molecule has 1 aliphatic carbocycles. The van der Waals surface area contributed by atoms with Gasteiger partial charge >= 0.3 is 0 Å². The fraction of sp³-hybridized carbons (Fsp3) is 0.448. The van der Waals surface area contributed by atoms with Crippen molar-refractivity contribution in [1.82, 2.24) is 15.0 Å². The van der Waals surface area contributed by atoms with Crippen LogP contribution in [0.1, 0.15) is 63.3 Å². The summed E-state index contributed by atoms with van der Waals surface area (Å²) in [6, 6.07) is 9.05. The van der Waals surface area contributed by atoms with E-state index in [9.17, 15) is 8.78 Å². The minimum atomic E-state index is -2.57. The van der Waals surface area contributed by atoms with Crippen molar-refractivity contribution >= 4 is 34.0 Å². The van der Waals surface area contributed by atoms with E-state index in [4.69, 9.17) is 23.2 Å². The van der Waals surface area contributed by atoms with E-state index in [1.54, 1.807) is 6.07 Å². The predicted octanol–water partition coefficient (Wildman–Crippen LogP) is 6.92. The number of hydrogen-bond acceptors (Lipinski definition) is 7. The Kier molecular flexibility index (Phi) is 9.96. The van der Waals surface area contributed by atoms with E-state index < -0.39 is 18.0 Å². The van der Waals surface area contributed by atoms with Crippen molar-refractivity contribution in [3.63, 3.8) is 0 Å². The van der Waals surface area contributed by atoms with Crippen LogP contribution in [0.15, 0.2) is 48.6 Å². The molecule has 1 aromatic heterocycles. The van der Waals surface area contributed by atoms with Gasteiger partial charge in [-0.25, -0.2) is 24.6 Å². The van der Waals surface area contributed by atoms with E-state index in [1.807, 2.05) is 52.0 Å². The van der Waals surface area contributed by atoms with Crippen molar-refractivity contribution in [1.29, 1.82) is 0 Å². The molecule has 0 spiro atoms. The van der Waals surface area contributed by atoms with Crippen LogP contribution >= 0.6 is 11.6 Å². The van der Waals surface area contributed by atoms with Crippen LogP contribution in [0.5, 0.6) is 0 Å². The summed E-state index contributed by atoms with van der Waals surface area (Å²) < 4.78 is 27.3. The molecule has 1 heterocycles. The Hall–Kier alpha value is -3.17. The van der Waals surface area contributed by atoms with Crippen LogP contribution in [0.25, 0.3) is 10.9 Å². The number of rotatable bonds is 10. The molecule has 0 saturated heterocycles. The van der Waals surface area contributed by atoms with Crippen molar-refractivity contribution in [3.8, 4) is 0 Å². The average molecular weight is 560 g/mol. The molecule has 212 valence electrons. The molecule has 0 aliphatic heterocycles. The molecule has 0 bridgehead atoms. The number of hydrazine groups is 1. The first-order valence-electron chi connectivity index (χ1n) is 13.3. The summed E-state index contributed by atoms with van der Waals surface area (Å²) in [4.78, 5) is 8.77. The zero-order valence-corrected chi connectivity index (χ0v) is 24.3. The Labute approximate surface area is 235 Å². The maximum absolute atomic E-state index is 13.7. The van der Waals surface area contributed by atoms with Gasteiger partial charge in [0.05, 0.1) is 22.3 Å². The molecule has 1 atom stereocenters. The van der Waals surface area contributed by atoms with Crippen molar-refractivity contribution < 1.29 is 8.78 Å². The molecular weight excluding hydrogens is 520 g/mol. The number of fused-ring (bicyclic) bond motifs is 1. The number of benzene rings is 2. The number of nitrogens with one attached hydrogen (secondary N) is 2. The lowest BCUT2D eigenvalue weighted by molar-refractivity contribution is 0.0305. The summed E-state index contributed by atoms with van der Waals surface area (Å²) in [5.41, 5.74) is 9.84. The Balaban J connectivity index is 0.00000205. The number of halogens is 3. The molecule has 3 aromatic rings. The van der Waals surface area contributed by atoms with Crippen molar-refractivity contribution in [2.75, 3.05) is 17.2 Å². The van der Waals surface area contributed by atoms with Crippen molar-refractivity contribution in [2.45, 2.75) is 72.4 Å². The second-order valence-electron chi connectivity index (χ2n) is 10.2. The Morgan fingerprint density at radius 1 is 1.18 bits per heavy atom. The molecule has 0 amide bonds. The second-order valence-corrected chi connectivity index (χ2v) is 10.6. The monoisotopic (exact) mass is 559 g/mol. The molecule has 1 fully saturated rings. The van der Waals surface area contributed by atoms with Gasteiger partial charge in [0.25, 0.3) is 6.43 Å². The average Bonchev–Trinajstić information content (AvgIpc) is 3.72. The lowest BCUT2D eigenvalue weighted by Gasteiger charge is -2.29. The zero-order valence-electron chi connectivity index (χ0n) is 23.5. The maximum atomic E-state index is 13.7. The van der Waals surface area contributed by atoms with Crippen molar-refractivity contribution in [2.24, 2.45) is 17.5 Å². The van der Waals surface area contributed by atoms with Gasteiger partial charge in [0.2, 0.25) is 0 Å². The van der Waals surface area contributed by atoms with Crippen molar-refractivity contribution in [3.05, 3.63) is 70.3 Å². The number of aryl methyl sites for hydroxylation is 1. The Morgan fingerprint density at radius 3 is 2.49 bits per heavy atom. The van der Waals surface area contributed by atoms with Crippen LogP contribution in [-0.2, 0) is 0 Å². The summed E-state index contributed by atoms with van der Waals surface area (Å²) in [6.45, 7) is 13.0. The quantitative estimate of drug-likeness (QED) is 0.158. The SMILES string of the molecule is CC.Cc1cccc(C(Nc2cc(Cl)c3ncnc(NCC(C)C)c3c2)/C(N)=C/N(N)C2(C(F)F)CC2)c1C. The fourth-order valence-electron chi connectivity index (χ4n) is 4.32. The van der Waals surface area contributed by atoms with E-state index in [2.05, 4.69) is 34.4 Å². The van der Waals surface area contributed by atoms with Gasteiger partial charge in [-0.05, 0) is 61.4 Å². The highest BCUT2D eigenvalue weighted by Crippen LogP contribution is 2.46. The lowest BCUT2D eigenvalue weighted by atomic mass is 9.95. The molecule has 6 N–H and O–H groups in total. The normalized spacial score (nSPS) is 15.1. The molecule has 2 aromatic carbocycles. The van der Waals surface area contributed by atoms with Gasteiger partial charge in [-0.3, -0.25) is 0 Å². The second kappa shape index (κ2) is 12.8. The summed E-state index contributed by atoms with van der Waals surface area (Å²) in [5, 5.41) is 9.10. The van der Waals surface area contributed by atoms with Gasteiger partial charge in [0.15, 0.2) is 0 Å². The van der Waals surface area contributed by atoms with Gasteiger partial charge < -0.3 is 21.4 Å². The van der Waals surface area contributed by atoms with Crippen LogP contribution in [0, 0.1) is 19.8 Å². The van der Waals surface area contributed by atoms with E-state index >= 15 is 0 Å². The third-order valence-electron chi connectivity index (χ3n) is 6.94. The van der Waals surface area contributed by atoms with Gasteiger partial charge in [-0.2, -0.15) is 0 Å². The first-order valence-corrected chi connectivity index (χ1v) is 13.7. The van der Waals surface area contributed by atoms with Crippen LogP contribution in [0.2, 0.25) is 5.02 Å². The fourth-order valence-corrected chi connectivity index (χ4v) is 4.59. The highest BCUT2D eigenvalue weighted by molar-refractivity contribution is 6.35. The number of nitrogens with two attached hydrogens (primary N) is 2. The number of nitrogens with zero attached hydrogens (tertiary/aromatic N) is 3. The first kappa shape index (κ1) is 30.4. The number of aromatic nitrogens is 2. The van der Waals surface area contributed by atoms with Crippen LogP contribution in [-0.4, -0.2) is 33.5 Å². The summed E-state index contributed by atoms with van der Waals surface area (Å²) in [5.74, 6) is 7.19. The number of hydrogen-bond donors (Lipinski definition) is 4. The van der Waals surface area contributed by atoms with E-state index in [0.29, 0.717) is 46.5 Å². The smallest absolute Gasteiger partial charge is 0.262 e. The highest BCUT2D eigenvalue weighted by atomic mass is 35.5. The standard InChI is InChI=1S/C27H34ClF2N7.C2H6/c1-15(2)12-33-25-20-10-18(11-21(28)23(20)34-14-35-25)36-24(19-7-5-6-16(3)17(19)4)22(31)13-37(32)27(8-9-27)26(29)30;1-2/h5-7,10-11,13-15,24,26,36H,8-9,12,31-32H2,1-4H3,(H,33,34,35);1-2H3/b22-13-;. The minimum absolute atomic E-state index is 0.307. The number of alkyl halides is 2. The molecule has 1 aliphatic rings. The lowest BCUT2D eigenvalue weighted by Crippen LogP contribution is -2.44. The van der Waals surface area contributed by atoms with Gasteiger partial charge in [0, 0.05) is 23.8 Å². The van der Waals surface area contributed by atoms with Gasteiger partial charge in [-0.15, -0.1) is 0 Å². The van der Waals surface area contributed by atoms with E-state index in [1.165, 1.54) is 12.5 Å². The molecule has 1 unspecified atom stereocenters. The first-order chi connectivity index (χ1) is 18.5.